The Balaban J connectivity index is 1.83. The Bertz CT molecular complexity index is 385. The fourth-order valence-corrected chi connectivity index (χ4v) is 2.86. The molecule has 1 aromatic carbocycles. The molecule has 1 atom stereocenters. The van der Waals surface area contributed by atoms with Gasteiger partial charge >= 0.3 is 5.97 Å². The van der Waals surface area contributed by atoms with Gasteiger partial charge in [0.15, 0.2) is 0 Å². The van der Waals surface area contributed by atoms with Crippen molar-refractivity contribution in [1.29, 1.82) is 0 Å². The Labute approximate surface area is 115 Å². The van der Waals surface area contributed by atoms with Gasteiger partial charge in [0, 0.05) is 6.54 Å². The smallest absolute Gasteiger partial charge is 0.320 e. The van der Waals surface area contributed by atoms with Gasteiger partial charge in [-0.3, -0.25) is 4.79 Å². The summed E-state index contributed by atoms with van der Waals surface area (Å²) in [6, 6.07) is 9.56. The van der Waals surface area contributed by atoms with E-state index in [-0.39, 0.29) is 0 Å². The summed E-state index contributed by atoms with van der Waals surface area (Å²) in [4.78, 5) is 11.3. The zero-order valence-corrected chi connectivity index (χ0v) is 11.3. The highest BCUT2D eigenvalue weighted by atomic mass is 16.4. The fourth-order valence-electron chi connectivity index (χ4n) is 2.86. The van der Waals surface area contributed by atoms with Crippen LogP contribution in [0.5, 0.6) is 0 Å². The zero-order valence-electron chi connectivity index (χ0n) is 11.3. The highest BCUT2D eigenvalue weighted by Crippen LogP contribution is 2.27. The number of nitrogens with one attached hydrogen (secondary N) is 1. The molecule has 2 N–H and O–H groups in total. The van der Waals surface area contributed by atoms with Crippen molar-refractivity contribution in [3.8, 4) is 0 Å². The van der Waals surface area contributed by atoms with Crippen LogP contribution in [-0.2, 0) is 11.3 Å². The summed E-state index contributed by atoms with van der Waals surface area (Å²) in [5, 5.41) is 12.5. The average Bonchev–Trinajstić information content (AvgIpc) is 2.45. The molecule has 1 saturated carbocycles. The summed E-state index contributed by atoms with van der Waals surface area (Å²) >= 11 is 0. The lowest BCUT2D eigenvalue weighted by atomic mass is 9.85. The van der Waals surface area contributed by atoms with Gasteiger partial charge in [-0.25, -0.2) is 0 Å². The fraction of sp³-hybridized carbons (Fsp3) is 0.562. The first-order valence-electron chi connectivity index (χ1n) is 7.26. The van der Waals surface area contributed by atoms with Crippen LogP contribution in [0.1, 0.15) is 44.1 Å². The minimum absolute atomic E-state index is 0.414. The Morgan fingerprint density at radius 1 is 1.21 bits per heavy atom. The Morgan fingerprint density at radius 2 is 1.89 bits per heavy atom. The van der Waals surface area contributed by atoms with Gasteiger partial charge in [0.25, 0.3) is 0 Å². The number of aliphatic carboxylic acids is 1. The molecular weight excluding hydrogens is 238 g/mol. The molecule has 0 radical (unpaired) electrons. The monoisotopic (exact) mass is 261 g/mol. The molecule has 104 valence electrons. The second-order valence-electron chi connectivity index (χ2n) is 5.50. The summed E-state index contributed by atoms with van der Waals surface area (Å²) in [7, 11) is 0. The molecule has 0 amide bonds. The van der Waals surface area contributed by atoms with Gasteiger partial charge in [0.05, 0.1) is 0 Å². The minimum Gasteiger partial charge on any atom is -0.480 e. The lowest BCUT2D eigenvalue weighted by Gasteiger charge is -2.25. The van der Waals surface area contributed by atoms with Crippen LogP contribution in [0.2, 0.25) is 0 Å². The number of hydrogen-bond acceptors (Lipinski definition) is 2. The van der Waals surface area contributed by atoms with Crippen LogP contribution < -0.4 is 5.32 Å². The SMILES string of the molecule is O=C(O)C(CC1CCCCC1)NCc1ccccc1. The van der Waals surface area contributed by atoms with Crippen molar-refractivity contribution < 1.29 is 9.90 Å². The van der Waals surface area contributed by atoms with Crippen molar-refractivity contribution in [1.82, 2.24) is 5.32 Å². The first-order valence-corrected chi connectivity index (χ1v) is 7.26. The normalized spacial score (nSPS) is 18.1. The number of carbonyl (C=O) groups is 1. The van der Waals surface area contributed by atoms with E-state index in [1.165, 1.54) is 32.1 Å². The third-order valence-electron chi connectivity index (χ3n) is 3.99. The molecule has 0 aliphatic heterocycles. The molecular formula is C16H23NO2. The van der Waals surface area contributed by atoms with Gasteiger partial charge in [0.2, 0.25) is 0 Å². The molecule has 1 aromatic rings. The lowest BCUT2D eigenvalue weighted by Crippen LogP contribution is -2.38. The zero-order chi connectivity index (χ0) is 13.5. The van der Waals surface area contributed by atoms with E-state index >= 15 is 0 Å². The van der Waals surface area contributed by atoms with E-state index in [1.54, 1.807) is 0 Å². The molecule has 19 heavy (non-hydrogen) atoms. The maximum atomic E-state index is 11.3. The van der Waals surface area contributed by atoms with E-state index in [0.29, 0.717) is 12.5 Å². The Hall–Kier alpha value is -1.35. The Kier molecular flexibility index (Phi) is 5.40. The molecule has 1 aliphatic carbocycles. The maximum absolute atomic E-state index is 11.3. The minimum atomic E-state index is -0.721. The number of carboxylic acid groups (broad SMARTS) is 1. The van der Waals surface area contributed by atoms with Crippen LogP contribution in [-0.4, -0.2) is 17.1 Å². The van der Waals surface area contributed by atoms with Crippen molar-refractivity contribution in [2.24, 2.45) is 5.92 Å². The van der Waals surface area contributed by atoms with Crippen molar-refractivity contribution in [3.63, 3.8) is 0 Å². The van der Waals surface area contributed by atoms with Crippen molar-refractivity contribution in [2.45, 2.75) is 51.1 Å². The van der Waals surface area contributed by atoms with Crippen LogP contribution in [0, 0.1) is 5.92 Å². The predicted molar refractivity (Wildman–Crippen MR) is 75.9 cm³/mol. The topological polar surface area (TPSA) is 49.3 Å². The third-order valence-corrected chi connectivity index (χ3v) is 3.99. The first-order chi connectivity index (χ1) is 9.25. The van der Waals surface area contributed by atoms with E-state index in [4.69, 9.17) is 0 Å². The highest BCUT2D eigenvalue weighted by molar-refractivity contribution is 5.73. The van der Waals surface area contributed by atoms with E-state index < -0.39 is 12.0 Å². The molecule has 3 nitrogen and oxygen atoms in total. The quantitative estimate of drug-likeness (QED) is 0.826. The van der Waals surface area contributed by atoms with Crippen molar-refractivity contribution in [2.75, 3.05) is 0 Å². The maximum Gasteiger partial charge on any atom is 0.320 e. The highest BCUT2D eigenvalue weighted by Gasteiger charge is 2.23. The Morgan fingerprint density at radius 3 is 2.53 bits per heavy atom. The molecule has 1 aliphatic rings. The van der Waals surface area contributed by atoms with Gasteiger partial charge in [-0.1, -0.05) is 62.4 Å². The van der Waals surface area contributed by atoms with Gasteiger partial charge in [-0.05, 0) is 17.9 Å². The number of benzene rings is 1. The molecule has 3 heteroatoms. The number of rotatable bonds is 6. The average molecular weight is 261 g/mol. The standard InChI is InChI=1S/C16H23NO2/c18-16(19)15(11-13-7-3-1-4-8-13)17-12-14-9-5-2-6-10-14/h2,5-6,9-10,13,15,17H,1,3-4,7-8,11-12H2,(H,18,19). The summed E-state index contributed by atoms with van der Waals surface area (Å²) in [6.45, 7) is 0.629. The summed E-state index contributed by atoms with van der Waals surface area (Å²) in [5.41, 5.74) is 1.14. The van der Waals surface area contributed by atoms with Crippen LogP contribution in [0.15, 0.2) is 30.3 Å². The van der Waals surface area contributed by atoms with Gasteiger partial charge in [0.1, 0.15) is 6.04 Å². The largest absolute Gasteiger partial charge is 0.480 e. The third kappa shape index (κ3) is 4.67. The van der Waals surface area contributed by atoms with Gasteiger partial charge < -0.3 is 10.4 Å². The number of carboxylic acids is 1. The molecule has 0 saturated heterocycles. The van der Waals surface area contributed by atoms with E-state index in [2.05, 4.69) is 5.32 Å². The second kappa shape index (κ2) is 7.29. The molecule has 0 heterocycles. The second-order valence-corrected chi connectivity index (χ2v) is 5.50. The number of hydrogen-bond donors (Lipinski definition) is 2. The molecule has 1 fully saturated rings. The summed E-state index contributed by atoms with van der Waals surface area (Å²) in [6.07, 6.45) is 6.98. The summed E-state index contributed by atoms with van der Waals surface area (Å²) < 4.78 is 0. The molecule has 2 rings (SSSR count). The molecule has 0 aromatic heterocycles. The van der Waals surface area contributed by atoms with E-state index in [9.17, 15) is 9.90 Å². The van der Waals surface area contributed by atoms with Crippen LogP contribution in [0.3, 0.4) is 0 Å². The lowest BCUT2D eigenvalue weighted by molar-refractivity contribution is -0.140. The predicted octanol–water partition coefficient (Wildman–Crippen LogP) is 3.20. The van der Waals surface area contributed by atoms with Crippen molar-refractivity contribution in [3.05, 3.63) is 35.9 Å². The van der Waals surface area contributed by atoms with Gasteiger partial charge in [-0.15, -0.1) is 0 Å². The van der Waals surface area contributed by atoms with Crippen LogP contribution in [0.4, 0.5) is 0 Å². The van der Waals surface area contributed by atoms with Crippen molar-refractivity contribution >= 4 is 5.97 Å². The molecule has 0 bridgehead atoms. The van der Waals surface area contributed by atoms with Crippen LogP contribution >= 0.6 is 0 Å². The first kappa shape index (κ1) is 14.1. The summed E-state index contributed by atoms with van der Waals surface area (Å²) in [5.74, 6) is -0.139. The van der Waals surface area contributed by atoms with Crippen LogP contribution in [0.25, 0.3) is 0 Å². The van der Waals surface area contributed by atoms with E-state index in [1.807, 2.05) is 30.3 Å². The van der Waals surface area contributed by atoms with Gasteiger partial charge in [-0.2, -0.15) is 0 Å². The molecule has 0 spiro atoms. The van der Waals surface area contributed by atoms with E-state index in [0.717, 1.165) is 12.0 Å². The molecule has 1 unspecified atom stereocenters.